The summed E-state index contributed by atoms with van der Waals surface area (Å²) in [6.07, 6.45) is 5.73. The van der Waals surface area contributed by atoms with Gasteiger partial charge in [-0.15, -0.1) is 5.10 Å². The molecule has 0 aliphatic rings. The van der Waals surface area contributed by atoms with Crippen molar-refractivity contribution < 1.29 is 0 Å². The zero-order chi connectivity index (χ0) is 15.7. The summed E-state index contributed by atoms with van der Waals surface area (Å²) >= 11 is 6.06. The van der Waals surface area contributed by atoms with Crippen LogP contribution in [0.3, 0.4) is 0 Å². The van der Waals surface area contributed by atoms with Crippen LogP contribution in [0.1, 0.15) is 36.8 Å². The Morgan fingerprint density at radius 2 is 2.09 bits per heavy atom. The third kappa shape index (κ3) is 2.90. The van der Waals surface area contributed by atoms with E-state index in [0.717, 1.165) is 27.8 Å². The first-order chi connectivity index (χ1) is 10.5. The lowest BCUT2D eigenvalue weighted by atomic mass is 10.2. The lowest BCUT2D eigenvalue weighted by Crippen LogP contribution is -2.06. The number of aromatic nitrogens is 5. The second-order valence-corrected chi connectivity index (χ2v) is 6.06. The molecule has 1 aromatic carbocycles. The second-order valence-electron chi connectivity index (χ2n) is 5.66. The topological polar surface area (TPSA) is 48.5 Å². The molecule has 0 saturated carbocycles. The monoisotopic (exact) mass is 315 g/mol. The predicted molar refractivity (Wildman–Crippen MR) is 86.5 cm³/mol. The third-order valence-corrected chi connectivity index (χ3v) is 3.97. The highest BCUT2D eigenvalue weighted by molar-refractivity contribution is 6.31. The maximum atomic E-state index is 6.06. The van der Waals surface area contributed by atoms with E-state index in [9.17, 15) is 0 Å². The zero-order valence-corrected chi connectivity index (χ0v) is 13.6. The first-order valence-corrected chi connectivity index (χ1v) is 7.61. The van der Waals surface area contributed by atoms with Crippen LogP contribution in [-0.4, -0.2) is 24.5 Å². The van der Waals surface area contributed by atoms with E-state index in [-0.39, 0.29) is 0 Å². The molecule has 3 aromatic rings. The molecule has 2 aromatic heterocycles. The summed E-state index contributed by atoms with van der Waals surface area (Å²) in [7, 11) is 0. The van der Waals surface area contributed by atoms with Crippen LogP contribution in [0.15, 0.2) is 36.8 Å². The number of aryl methyl sites for hydroxylation is 1. The van der Waals surface area contributed by atoms with Crippen molar-refractivity contribution >= 4 is 11.6 Å². The average molecular weight is 316 g/mol. The smallest absolute Gasteiger partial charge is 0.111 e. The van der Waals surface area contributed by atoms with Crippen LogP contribution in [0.25, 0.3) is 5.69 Å². The number of nitrogens with zero attached hydrogens (tertiary/aromatic N) is 5. The molecule has 5 nitrogen and oxygen atoms in total. The number of benzene rings is 1. The molecule has 0 amide bonds. The van der Waals surface area contributed by atoms with E-state index in [4.69, 9.17) is 11.6 Å². The highest BCUT2D eigenvalue weighted by atomic mass is 35.5. The fourth-order valence-corrected chi connectivity index (χ4v) is 2.52. The van der Waals surface area contributed by atoms with Crippen LogP contribution in [-0.2, 0) is 6.54 Å². The molecular weight excluding hydrogens is 298 g/mol. The first kappa shape index (κ1) is 14.8. The van der Waals surface area contributed by atoms with Gasteiger partial charge in [0.15, 0.2) is 0 Å². The fourth-order valence-electron chi connectivity index (χ4n) is 2.40. The first-order valence-electron chi connectivity index (χ1n) is 7.23. The number of imidazole rings is 1. The largest absolute Gasteiger partial charge is 0.329 e. The number of rotatable bonds is 4. The van der Waals surface area contributed by atoms with E-state index >= 15 is 0 Å². The van der Waals surface area contributed by atoms with Crippen LogP contribution in [0.4, 0.5) is 0 Å². The highest BCUT2D eigenvalue weighted by Crippen LogP contribution is 2.19. The maximum absolute atomic E-state index is 6.06. The van der Waals surface area contributed by atoms with Crippen molar-refractivity contribution in [3.8, 4) is 5.69 Å². The van der Waals surface area contributed by atoms with Gasteiger partial charge in [-0.1, -0.05) is 30.7 Å². The van der Waals surface area contributed by atoms with Gasteiger partial charge in [-0.05, 0) is 30.7 Å². The van der Waals surface area contributed by atoms with Crippen LogP contribution in [0.5, 0.6) is 0 Å². The van der Waals surface area contributed by atoms with E-state index in [1.54, 1.807) is 4.68 Å². The van der Waals surface area contributed by atoms with Gasteiger partial charge >= 0.3 is 0 Å². The van der Waals surface area contributed by atoms with E-state index in [1.165, 1.54) is 0 Å². The molecule has 0 unspecified atom stereocenters. The maximum Gasteiger partial charge on any atom is 0.111 e. The predicted octanol–water partition coefficient (Wildman–Crippen LogP) is 3.60. The zero-order valence-electron chi connectivity index (χ0n) is 12.9. The van der Waals surface area contributed by atoms with Gasteiger partial charge < -0.3 is 4.57 Å². The Balaban J connectivity index is 1.84. The van der Waals surface area contributed by atoms with Crippen molar-refractivity contribution in [1.82, 2.24) is 24.5 Å². The number of hydrogen-bond acceptors (Lipinski definition) is 3. The van der Waals surface area contributed by atoms with Gasteiger partial charge in [0.25, 0.3) is 0 Å². The molecule has 2 heterocycles. The average Bonchev–Trinajstić information content (AvgIpc) is 3.11. The molecule has 0 bridgehead atoms. The quantitative estimate of drug-likeness (QED) is 0.739. The molecule has 0 radical (unpaired) electrons. The van der Waals surface area contributed by atoms with Crippen LogP contribution >= 0.6 is 11.6 Å². The van der Waals surface area contributed by atoms with Crippen LogP contribution in [0, 0.1) is 6.92 Å². The summed E-state index contributed by atoms with van der Waals surface area (Å²) in [4.78, 5) is 4.39. The van der Waals surface area contributed by atoms with Crippen molar-refractivity contribution in [2.45, 2.75) is 33.2 Å². The van der Waals surface area contributed by atoms with Gasteiger partial charge in [-0.25, -0.2) is 9.67 Å². The Bertz CT molecular complexity index is 787. The number of hydrogen-bond donors (Lipinski definition) is 0. The van der Waals surface area contributed by atoms with Gasteiger partial charge in [0.05, 0.1) is 18.4 Å². The Labute approximate surface area is 134 Å². The number of halogens is 1. The van der Waals surface area contributed by atoms with Crippen LogP contribution in [0.2, 0.25) is 5.02 Å². The molecule has 114 valence electrons. The minimum atomic E-state index is 0.379. The summed E-state index contributed by atoms with van der Waals surface area (Å²) in [5, 5.41) is 9.21. The Morgan fingerprint density at radius 1 is 1.27 bits per heavy atom. The minimum Gasteiger partial charge on any atom is -0.329 e. The van der Waals surface area contributed by atoms with Crippen LogP contribution < -0.4 is 0 Å². The van der Waals surface area contributed by atoms with Crippen molar-refractivity contribution in [3.63, 3.8) is 0 Å². The van der Waals surface area contributed by atoms with Gasteiger partial charge in [0.1, 0.15) is 11.5 Å². The fraction of sp³-hybridized carbons (Fsp3) is 0.312. The summed E-state index contributed by atoms with van der Waals surface area (Å²) in [5.74, 6) is 1.43. The normalized spacial score (nSPS) is 11.3. The molecule has 0 saturated heterocycles. The molecule has 0 spiro atoms. The van der Waals surface area contributed by atoms with Gasteiger partial charge in [-0.3, -0.25) is 0 Å². The molecule has 22 heavy (non-hydrogen) atoms. The van der Waals surface area contributed by atoms with E-state index in [2.05, 4.69) is 33.7 Å². The summed E-state index contributed by atoms with van der Waals surface area (Å²) < 4.78 is 3.87. The van der Waals surface area contributed by atoms with E-state index in [1.807, 2.05) is 43.7 Å². The van der Waals surface area contributed by atoms with E-state index < -0.39 is 0 Å². The summed E-state index contributed by atoms with van der Waals surface area (Å²) in [6.45, 7) is 6.91. The molecular formula is C16H18ClN5. The Kier molecular flexibility index (Phi) is 3.98. The molecule has 0 aliphatic carbocycles. The molecule has 3 rings (SSSR count). The third-order valence-electron chi connectivity index (χ3n) is 3.54. The SMILES string of the molecule is Cc1cc(-n2cc(Cn3ccnc3C(C)C)nn2)ccc1Cl. The summed E-state index contributed by atoms with van der Waals surface area (Å²) in [5.41, 5.74) is 2.87. The Morgan fingerprint density at radius 3 is 2.82 bits per heavy atom. The van der Waals surface area contributed by atoms with E-state index in [0.29, 0.717) is 12.5 Å². The lowest BCUT2D eigenvalue weighted by Gasteiger charge is -2.08. The second kappa shape index (κ2) is 5.93. The van der Waals surface area contributed by atoms with Crippen molar-refractivity contribution in [3.05, 3.63) is 58.9 Å². The Hall–Kier alpha value is -2.14. The minimum absolute atomic E-state index is 0.379. The van der Waals surface area contributed by atoms with Gasteiger partial charge in [0, 0.05) is 23.3 Å². The van der Waals surface area contributed by atoms with Crippen molar-refractivity contribution in [2.75, 3.05) is 0 Å². The highest BCUT2D eigenvalue weighted by Gasteiger charge is 2.10. The molecule has 0 aliphatic heterocycles. The van der Waals surface area contributed by atoms with Crippen molar-refractivity contribution in [1.29, 1.82) is 0 Å². The standard InChI is InChI=1S/C16H18ClN5/c1-11(2)16-18-6-7-21(16)9-13-10-22(20-19-13)14-4-5-15(17)12(3)8-14/h4-8,10-11H,9H2,1-3H3. The molecule has 0 atom stereocenters. The van der Waals surface area contributed by atoms with Crippen molar-refractivity contribution in [2.24, 2.45) is 0 Å². The molecule has 0 fully saturated rings. The van der Waals surface area contributed by atoms with Gasteiger partial charge in [0.2, 0.25) is 0 Å². The summed E-state index contributed by atoms with van der Waals surface area (Å²) in [6, 6.07) is 5.81. The van der Waals surface area contributed by atoms with Gasteiger partial charge in [-0.2, -0.15) is 0 Å². The molecule has 0 N–H and O–H groups in total. The lowest BCUT2D eigenvalue weighted by molar-refractivity contribution is 0.659. The molecule has 6 heteroatoms.